The normalized spacial score (nSPS) is 39.8. The minimum Gasteiger partial charge on any atom is -0.388 e. The zero-order valence-corrected chi connectivity index (χ0v) is 12.0. The van der Waals surface area contributed by atoms with Crippen molar-refractivity contribution in [1.29, 1.82) is 0 Å². The molecule has 2 saturated carbocycles. The van der Waals surface area contributed by atoms with Crippen molar-refractivity contribution in [3.05, 3.63) is 0 Å². The van der Waals surface area contributed by atoms with E-state index < -0.39 is 5.60 Å². The number of aliphatic hydroxyl groups is 1. The molecule has 4 nitrogen and oxygen atoms in total. The number of amides is 1. The van der Waals surface area contributed by atoms with Crippen molar-refractivity contribution in [3.8, 4) is 0 Å². The van der Waals surface area contributed by atoms with Crippen LogP contribution in [-0.2, 0) is 4.79 Å². The van der Waals surface area contributed by atoms with Gasteiger partial charge < -0.3 is 16.2 Å². The van der Waals surface area contributed by atoms with Gasteiger partial charge in [0.2, 0.25) is 5.91 Å². The fraction of sp³-hybridized carbons (Fsp3) is 0.933. The van der Waals surface area contributed by atoms with Crippen LogP contribution in [0.5, 0.6) is 0 Å². The first-order valence-corrected chi connectivity index (χ1v) is 7.74. The van der Waals surface area contributed by atoms with Crippen LogP contribution < -0.4 is 11.1 Å². The van der Waals surface area contributed by atoms with Crippen molar-refractivity contribution in [2.24, 2.45) is 17.6 Å². The third-order valence-electron chi connectivity index (χ3n) is 4.88. The summed E-state index contributed by atoms with van der Waals surface area (Å²) in [5.74, 6) is 0.837. The van der Waals surface area contributed by atoms with E-state index >= 15 is 0 Å². The molecule has 0 spiro atoms. The average molecular weight is 268 g/mol. The minimum absolute atomic E-state index is 0.0508. The number of nitrogens with two attached hydrogens (primary N) is 1. The van der Waals surface area contributed by atoms with Crippen molar-refractivity contribution in [3.63, 3.8) is 0 Å². The number of rotatable bonds is 3. The first kappa shape index (κ1) is 14.8. The molecule has 4 heteroatoms. The van der Waals surface area contributed by atoms with Crippen LogP contribution in [0.25, 0.3) is 0 Å². The maximum atomic E-state index is 12.1. The molecule has 1 amide bonds. The van der Waals surface area contributed by atoms with Gasteiger partial charge in [-0.1, -0.05) is 13.3 Å². The lowest BCUT2D eigenvalue weighted by atomic mass is 9.79. The van der Waals surface area contributed by atoms with Gasteiger partial charge >= 0.3 is 0 Å². The standard InChI is InChI=1S/C15H28N2O2/c1-11-5-7-15(19,8-6-11)10-17-14(18)12-3-2-4-13(16)9-12/h11-13,19H,2-10,16H2,1H3,(H,17,18). The van der Waals surface area contributed by atoms with Crippen molar-refractivity contribution >= 4 is 5.91 Å². The van der Waals surface area contributed by atoms with Crippen LogP contribution in [0.15, 0.2) is 0 Å². The second-order valence-corrected chi connectivity index (χ2v) is 6.75. The van der Waals surface area contributed by atoms with Crippen molar-refractivity contribution in [2.45, 2.75) is 69.9 Å². The summed E-state index contributed by atoms with van der Waals surface area (Å²) in [6.45, 7) is 2.63. The maximum Gasteiger partial charge on any atom is 0.223 e. The van der Waals surface area contributed by atoms with E-state index in [1.165, 1.54) is 0 Å². The van der Waals surface area contributed by atoms with Gasteiger partial charge in [-0.25, -0.2) is 0 Å². The van der Waals surface area contributed by atoms with E-state index in [4.69, 9.17) is 5.73 Å². The van der Waals surface area contributed by atoms with E-state index in [-0.39, 0.29) is 17.9 Å². The molecule has 0 aromatic carbocycles. The fourth-order valence-corrected chi connectivity index (χ4v) is 3.34. The monoisotopic (exact) mass is 268 g/mol. The molecule has 0 heterocycles. The summed E-state index contributed by atoms with van der Waals surface area (Å²) in [4.78, 5) is 12.1. The molecule has 2 aliphatic carbocycles. The van der Waals surface area contributed by atoms with Gasteiger partial charge in [0.25, 0.3) is 0 Å². The van der Waals surface area contributed by atoms with Gasteiger partial charge in [0.05, 0.1) is 5.60 Å². The van der Waals surface area contributed by atoms with E-state index in [0.29, 0.717) is 12.5 Å². The first-order valence-electron chi connectivity index (χ1n) is 7.74. The molecule has 0 aromatic rings. The number of hydrogen-bond donors (Lipinski definition) is 3. The molecule has 110 valence electrons. The molecule has 2 aliphatic rings. The predicted octanol–water partition coefficient (Wildman–Crippen LogP) is 1.56. The van der Waals surface area contributed by atoms with Crippen LogP contribution in [0.4, 0.5) is 0 Å². The molecule has 0 saturated heterocycles. The van der Waals surface area contributed by atoms with Crippen LogP contribution in [-0.4, -0.2) is 29.2 Å². The molecule has 2 fully saturated rings. The molecule has 0 aromatic heterocycles. The highest BCUT2D eigenvalue weighted by molar-refractivity contribution is 5.78. The van der Waals surface area contributed by atoms with E-state index in [0.717, 1.165) is 51.4 Å². The molecule has 0 aliphatic heterocycles. The summed E-state index contributed by atoms with van der Waals surface area (Å²) < 4.78 is 0. The Morgan fingerprint density at radius 2 is 2.00 bits per heavy atom. The lowest BCUT2D eigenvalue weighted by Gasteiger charge is -2.35. The topological polar surface area (TPSA) is 75.3 Å². The smallest absolute Gasteiger partial charge is 0.223 e. The minimum atomic E-state index is -0.682. The Kier molecular flexibility index (Phi) is 4.85. The quantitative estimate of drug-likeness (QED) is 0.727. The van der Waals surface area contributed by atoms with Gasteiger partial charge in [-0.3, -0.25) is 4.79 Å². The molecule has 0 radical (unpaired) electrons. The molecule has 2 rings (SSSR count). The van der Waals surface area contributed by atoms with Gasteiger partial charge in [0.1, 0.15) is 0 Å². The molecular formula is C15H28N2O2. The van der Waals surface area contributed by atoms with Crippen LogP contribution in [0.1, 0.15) is 58.3 Å². The van der Waals surface area contributed by atoms with Crippen LogP contribution in [0.2, 0.25) is 0 Å². The first-order chi connectivity index (χ1) is 8.98. The maximum absolute atomic E-state index is 12.1. The van der Waals surface area contributed by atoms with E-state index in [2.05, 4.69) is 12.2 Å². The van der Waals surface area contributed by atoms with Crippen molar-refractivity contribution in [1.82, 2.24) is 5.32 Å². The largest absolute Gasteiger partial charge is 0.388 e. The lowest BCUT2D eigenvalue weighted by molar-refractivity contribution is -0.127. The summed E-state index contributed by atoms with van der Waals surface area (Å²) in [6, 6.07) is 0.170. The summed E-state index contributed by atoms with van der Waals surface area (Å²) in [5.41, 5.74) is 5.23. The molecular weight excluding hydrogens is 240 g/mol. The Morgan fingerprint density at radius 3 is 2.63 bits per heavy atom. The van der Waals surface area contributed by atoms with Gasteiger partial charge in [-0.2, -0.15) is 0 Å². The zero-order chi connectivity index (χ0) is 13.9. The number of hydrogen-bond acceptors (Lipinski definition) is 3. The molecule has 2 atom stereocenters. The average Bonchev–Trinajstić information content (AvgIpc) is 2.40. The molecule has 0 bridgehead atoms. The predicted molar refractivity (Wildman–Crippen MR) is 75.5 cm³/mol. The van der Waals surface area contributed by atoms with Gasteiger partial charge in [0.15, 0.2) is 0 Å². The second kappa shape index (κ2) is 6.23. The molecule has 19 heavy (non-hydrogen) atoms. The highest BCUT2D eigenvalue weighted by Gasteiger charge is 2.33. The Bertz CT molecular complexity index is 311. The van der Waals surface area contributed by atoms with Gasteiger partial charge in [0, 0.05) is 18.5 Å². The number of carbonyl (C=O) groups is 1. The lowest BCUT2D eigenvalue weighted by Crippen LogP contribution is -2.47. The van der Waals surface area contributed by atoms with E-state index in [9.17, 15) is 9.90 Å². The SMILES string of the molecule is CC1CCC(O)(CNC(=O)C2CCCC(N)C2)CC1. The van der Waals surface area contributed by atoms with Gasteiger partial charge in [-0.15, -0.1) is 0 Å². The number of carbonyl (C=O) groups excluding carboxylic acids is 1. The summed E-state index contributed by atoms with van der Waals surface area (Å²) >= 11 is 0. The third-order valence-corrected chi connectivity index (χ3v) is 4.88. The fourth-order valence-electron chi connectivity index (χ4n) is 3.34. The Morgan fingerprint density at radius 1 is 1.32 bits per heavy atom. The highest BCUT2D eigenvalue weighted by atomic mass is 16.3. The van der Waals surface area contributed by atoms with Crippen LogP contribution >= 0.6 is 0 Å². The number of nitrogens with one attached hydrogen (secondary N) is 1. The summed E-state index contributed by atoms with van der Waals surface area (Å²) in [5, 5.41) is 13.4. The van der Waals surface area contributed by atoms with Crippen molar-refractivity contribution < 1.29 is 9.90 Å². The third kappa shape index (κ3) is 4.18. The molecule has 4 N–H and O–H groups in total. The van der Waals surface area contributed by atoms with E-state index in [1.807, 2.05) is 0 Å². The highest BCUT2D eigenvalue weighted by Crippen LogP contribution is 2.31. The second-order valence-electron chi connectivity index (χ2n) is 6.75. The zero-order valence-electron chi connectivity index (χ0n) is 12.0. The van der Waals surface area contributed by atoms with E-state index in [1.54, 1.807) is 0 Å². The van der Waals surface area contributed by atoms with Gasteiger partial charge in [-0.05, 0) is 50.9 Å². The van der Waals surface area contributed by atoms with Crippen LogP contribution in [0, 0.1) is 11.8 Å². The molecule has 2 unspecified atom stereocenters. The van der Waals surface area contributed by atoms with Crippen molar-refractivity contribution in [2.75, 3.05) is 6.54 Å². The Balaban J connectivity index is 1.76. The Hall–Kier alpha value is -0.610. The summed E-state index contributed by atoms with van der Waals surface area (Å²) in [7, 11) is 0. The Labute approximate surface area is 116 Å². The summed E-state index contributed by atoms with van der Waals surface area (Å²) in [6.07, 6.45) is 7.53. The van der Waals surface area contributed by atoms with Crippen LogP contribution in [0.3, 0.4) is 0 Å².